The summed E-state index contributed by atoms with van der Waals surface area (Å²) < 4.78 is 0. The Hall–Kier alpha value is -3.61. The fraction of sp³-hybridized carbons (Fsp3) is 0.0417. The van der Waals surface area contributed by atoms with E-state index in [0.29, 0.717) is 22.0 Å². The molecule has 6 nitrogen and oxygen atoms in total. The molecule has 2 N–H and O–H groups in total. The Kier molecular flexibility index (Phi) is 6.25. The maximum absolute atomic E-state index is 12.8. The topological polar surface area (TPSA) is 78.5 Å². The number of amides is 3. The third-order valence-corrected chi connectivity index (χ3v) is 5.42. The summed E-state index contributed by atoms with van der Waals surface area (Å²) in [7, 11) is 0. The van der Waals surface area contributed by atoms with Crippen molar-refractivity contribution in [3.05, 3.63) is 106 Å². The highest BCUT2D eigenvalue weighted by Gasteiger charge is 2.37. The zero-order chi connectivity index (χ0) is 22.7. The van der Waals surface area contributed by atoms with Crippen molar-refractivity contribution in [1.82, 2.24) is 4.90 Å². The number of rotatable bonds is 6. The molecule has 3 aromatic carbocycles. The van der Waals surface area contributed by atoms with Crippen LogP contribution < -0.4 is 10.6 Å². The van der Waals surface area contributed by atoms with E-state index in [1.165, 1.54) is 0 Å². The molecule has 0 unspecified atom stereocenters. The van der Waals surface area contributed by atoms with Crippen LogP contribution in [0, 0.1) is 0 Å². The lowest BCUT2D eigenvalue weighted by Gasteiger charge is -2.15. The second kappa shape index (κ2) is 9.26. The number of nitrogens with zero attached hydrogens (tertiary/aromatic N) is 1. The Morgan fingerprint density at radius 3 is 2.06 bits per heavy atom. The second-order valence-electron chi connectivity index (χ2n) is 7.03. The maximum atomic E-state index is 12.8. The van der Waals surface area contributed by atoms with Crippen molar-refractivity contribution in [3.8, 4) is 0 Å². The van der Waals surface area contributed by atoms with E-state index < -0.39 is 11.8 Å². The Balaban J connectivity index is 1.43. The first-order chi connectivity index (χ1) is 15.4. The molecule has 1 heterocycles. The summed E-state index contributed by atoms with van der Waals surface area (Å²) in [6, 6.07) is 22.4. The lowest BCUT2D eigenvalue weighted by Crippen LogP contribution is -2.31. The molecule has 3 aromatic rings. The van der Waals surface area contributed by atoms with Crippen LogP contribution in [-0.4, -0.2) is 22.6 Å². The third kappa shape index (κ3) is 4.66. The molecule has 0 saturated heterocycles. The lowest BCUT2D eigenvalue weighted by molar-refractivity contribution is -0.138. The van der Waals surface area contributed by atoms with E-state index >= 15 is 0 Å². The van der Waals surface area contributed by atoms with E-state index in [4.69, 9.17) is 23.2 Å². The average Bonchev–Trinajstić information content (AvgIpc) is 3.00. The van der Waals surface area contributed by atoms with Gasteiger partial charge in [0.25, 0.3) is 17.7 Å². The predicted molar refractivity (Wildman–Crippen MR) is 124 cm³/mol. The Labute approximate surface area is 194 Å². The number of hydrogen-bond acceptors (Lipinski definition) is 4. The Morgan fingerprint density at radius 1 is 0.781 bits per heavy atom. The van der Waals surface area contributed by atoms with E-state index in [-0.39, 0.29) is 23.2 Å². The largest absolute Gasteiger partial charge is 0.350 e. The number of carbonyl (C=O) groups is 3. The lowest BCUT2D eigenvalue weighted by atomic mass is 10.2. The zero-order valence-corrected chi connectivity index (χ0v) is 18.2. The van der Waals surface area contributed by atoms with Crippen LogP contribution in [0.3, 0.4) is 0 Å². The van der Waals surface area contributed by atoms with Crippen LogP contribution in [0.25, 0.3) is 0 Å². The molecule has 0 atom stereocenters. The molecule has 32 heavy (non-hydrogen) atoms. The number of benzene rings is 3. The molecule has 0 radical (unpaired) electrons. The van der Waals surface area contributed by atoms with Crippen molar-refractivity contribution in [3.63, 3.8) is 0 Å². The van der Waals surface area contributed by atoms with Crippen molar-refractivity contribution in [2.45, 2.75) is 6.54 Å². The number of hydrogen-bond donors (Lipinski definition) is 2. The number of halogens is 2. The SMILES string of the molecule is O=C(Nc1ccc(Cl)cc1)c1ccc(NC2=C(Cl)C(=O)N(Cc3ccccc3)C2=O)cc1. The number of nitrogens with one attached hydrogen (secondary N) is 2. The Morgan fingerprint density at radius 2 is 1.41 bits per heavy atom. The minimum atomic E-state index is -0.554. The van der Waals surface area contributed by atoms with Gasteiger partial charge in [-0.3, -0.25) is 19.3 Å². The fourth-order valence-electron chi connectivity index (χ4n) is 3.15. The molecule has 3 amide bonds. The predicted octanol–water partition coefficient (Wildman–Crippen LogP) is 5.02. The summed E-state index contributed by atoms with van der Waals surface area (Å²) >= 11 is 12.0. The number of carbonyl (C=O) groups excluding carboxylic acids is 3. The molecule has 1 aliphatic rings. The van der Waals surface area contributed by atoms with Crippen molar-refractivity contribution < 1.29 is 14.4 Å². The van der Waals surface area contributed by atoms with Crippen LogP contribution in [0.15, 0.2) is 89.6 Å². The highest BCUT2D eigenvalue weighted by atomic mass is 35.5. The molecule has 0 aromatic heterocycles. The van der Waals surface area contributed by atoms with E-state index in [1.807, 2.05) is 30.3 Å². The van der Waals surface area contributed by atoms with Gasteiger partial charge in [0.05, 0.1) is 6.54 Å². The van der Waals surface area contributed by atoms with Crippen molar-refractivity contribution in [2.24, 2.45) is 0 Å². The molecule has 0 saturated carbocycles. The summed E-state index contributed by atoms with van der Waals surface area (Å²) in [5.41, 5.74) is 2.38. The van der Waals surface area contributed by atoms with Gasteiger partial charge in [0.2, 0.25) is 0 Å². The van der Waals surface area contributed by atoms with E-state index in [2.05, 4.69) is 10.6 Å². The smallest absolute Gasteiger partial charge is 0.279 e. The number of anilines is 2. The standard InChI is InChI=1S/C24H17Cl2N3O3/c25-17-8-12-19(13-9-17)28-22(30)16-6-10-18(11-7-16)27-21-20(26)23(31)29(24(21)32)14-15-4-2-1-3-5-15/h1-13,27H,14H2,(H,28,30). The van der Waals surface area contributed by atoms with Gasteiger partial charge in [0.15, 0.2) is 0 Å². The fourth-order valence-corrected chi connectivity index (χ4v) is 3.51. The van der Waals surface area contributed by atoms with Crippen molar-refractivity contribution in [2.75, 3.05) is 10.6 Å². The van der Waals surface area contributed by atoms with E-state index in [0.717, 1.165) is 10.5 Å². The first kappa shape index (κ1) is 21.6. The molecular weight excluding hydrogens is 449 g/mol. The first-order valence-corrected chi connectivity index (χ1v) is 10.4. The van der Waals surface area contributed by atoms with Gasteiger partial charge in [-0.1, -0.05) is 53.5 Å². The summed E-state index contributed by atoms with van der Waals surface area (Å²) in [6.07, 6.45) is 0. The zero-order valence-electron chi connectivity index (χ0n) is 16.6. The quantitative estimate of drug-likeness (QED) is 0.500. The minimum Gasteiger partial charge on any atom is -0.350 e. The highest BCUT2D eigenvalue weighted by molar-refractivity contribution is 6.48. The summed E-state index contributed by atoms with van der Waals surface area (Å²) in [5, 5.41) is 6.08. The third-order valence-electron chi connectivity index (χ3n) is 4.81. The second-order valence-corrected chi connectivity index (χ2v) is 7.85. The summed E-state index contributed by atoms with van der Waals surface area (Å²) in [6.45, 7) is 0.129. The summed E-state index contributed by atoms with van der Waals surface area (Å²) in [4.78, 5) is 38.7. The van der Waals surface area contributed by atoms with Gasteiger partial charge in [-0.05, 0) is 54.1 Å². The average molecular weight is 466 g/mol. The highest BCUT2D eigenvalue weighted by Crippen LogP contribution is 2.27. The van der Waals surface area contributed by atoms with Crippen molar-refractivity contribution >= 4 is 52.3 Å². The van der Waals surface area contributed by atoms with E-state index in [9.17, 15) is 14.4 Å². The molecule has 0 aliphatic carbocycles. The van der Waals surface area contributed by atoms with Gasteiger partial charge >= 0.3 is 0 Å². The van der Waals surface area contributed by atoms with Crippen LogP contribution >= 0.6 is 23.2 Å². The molecule has 4 rings (SSSR count). The molecule has 160 valence electrons. The van der Waals surface area contributed by atoms with Crippen LogP contribution in [0.4, 0.5) is 11.4 Å². The molecule has 1 aliphatic heterocycles. The van der Waals surface area contributed by atoms with E-state index in [1.54, 1.807) is 48.5 Å². The minimum absolute atomic E-state index is 0.00552. The van der Waals surface area contributed by atoms with Gasteiger partial charge in [0.1, 0.15) is 10.7 Å². The van der Waals surface area contributed by atoms with Gasteiger partial charge in [-0.25, -0.2) is 0 Å². The van der Waals surface area contributed by atoms with Crippen LogP contribution in [0.1, 0.15) is 15.9 Å². The van der Waals surface area contributed by atoms with Gasteiger partial charge in [-0.2, -0.15) is 0 Å². The molecule has 0 bridgehead atoms. The van der Waals surface area contributed by atoms with Crippen LogP contribution in [-0.2, 0) is 16.1 Å². The summed E-state index contributed by atoms with van der Waals surface area (Å²) in [5.74, 6) is -1.35. The maximum Gasteiger partial charge on any atom is 0.279 e. The Bertz CT molecular complexity index is 1210. The van der Waals surface area contributed by atoms with Crippen LogP contribution in [0.5, 0.6) is 0 Å². The molecule has 0 fully saturated rings. The van der Waals surface area contributed by atoms with Crippen LogP contribution in [0.2, 0.25) is 5.02 Å². The monoisotopic (exact) mass is 465 g/mol. The first-order valence-electron chi connectivity index (χ1n) is 9.66. The molecule has 8 heteroatoms. The molecular formula is C24H17Cl2N3O3. The van der Waals surface area contributed by atoms with Gasteiger partial charge in [0, 0.05) is 22.0 Å². The number of imide groups is 1. The van der Waals surface area contributed by atoms with Crippen molar-refractivity contribution in [1.29, 1.82) is 0 Å². The van der Waals surface area contributed by atoms with Gasteiger partial charge in [-0.15, -0.1) is 0 Å². The van der Waals surface area contributed by atoms with Gasteiger partial charge < -0.3 is 10.6 Å². The normalized spacial score (nSPS) is 13.5. The molecule has 0 spiro atoms.